The molecule has 1 aromatic rings. The van der Waals surface area contributed by atoms with Gasteiger partial charge in [0.05, 0.1) is 17.8 Å². The molecule has 2 heterocycles. The first-order valence-electron chi connectivity index (χ1n) is 7.12. The number of primary amides is 1. The Bertz CT molecular complexity index is 653. The number of carbonyl (C=O) groups is 3. The first kappa shape index (κ1) is 17.4. The number of hydrogen-bond acceptors (Lipinski definition) is 6. The van der Waals surface area contributed by atoms with Crippen LogP contribution in [-0.2, 0) is 27.4 Å². The van der Waals surface area contributed by atoms with E-state index in [1.165, 1.54) is 11.3 Å². The average Bonchev–Trinajstić information content (AvgIpc) is 2.80. The number of ether oxygens (including phenoxy) is 1. The SMILES string of the molecule is CC1(C)Cc2c(sc(NC(=O)C(=O)NCCN)c2C(N)=O)CO1. The summed E-state index contributed by atoms with van der Waals surface area (Å²) >= 11 is 1.20. The number of hydrogen-bond donors (Lipinski definition) is 4. The Morgan fingerprint density at radius 1 is 1.30 bits per heavy atom. The molecule has 0 saturated carbocycles. The molecule has 1 aliphatic rings. The molecule has 23 heavy (non-hydrogen) atoms. The lowest BCUT2D eigenvalue weighted by Gasteiger charge is -2.30. The summed E-state index contributed by atoms with van der Waals surface area (Å²) in [6.07, 6.45) is 0.506. The number of carbonyl (C=O) groups excluding carboxylic acids is 3. The summed E-state index contributed by atoms with van der Waals surface area (Å²) in [6, 6.07) is 0. The van der Waals surface area contributed by atoms with Gasteiger partial charge in [-0.3, -0.25) is 14.4 Å². The number of fused-ring (bicyclic) bond motifs is 1. The van der Waals surface area contributed by atoms with Crippen molar-refractivity contribution >= 4 is 34.1 Å². The summed E-state index contributed by atoms with van der Waals surface area (Å²) in [6.45, 7) is 4.58. The van der Waals surface area contributed by atoms with Crippen molar-refractivity contribution in [2.24, 2.45) is 11.5 Å². The Hall–Kier alpha value is -1.97. The Labute approximate surface area is 137 Å². The van der Waals surface area contributed by atoms with Gasteiger partial charge in [0, 0.05) is 24.4 Å². The minimum Gasteiger partial charge on any atom is -0.370 e. The van der Waals surface area contributed by atoms with Crippen LogP contribution in [0.3, 0.4) is 0 Å². The highest BCUT2D eigenvalue weighted by Crippen LogP contribution is 2.40. The van der Waals surface area contributed by atoms with Gasteiger partial charge in [-0.2, -0.15) is 0 Å². The van der Waals surface area contributed by atoms with Crippen molar-refractivity contribution in [3.8, 4) is 0 Å². The summed E-state index contributed by atoms with van der Waals surface area (Å²) in [4.78, 5) is 36.1. The lowest BCUT2D eigenvalue weighted by atomic mass is 9.93. The molecule has 0 fully saturated rings. The van der Waals surface area contributed by atoms with E-state index in [0.717, 1.165) is 10.4 Å². The third kappa shape index (κ3) is 3.87. The van der Waals surface area contributed by atoms with Gasteiger partial charge in [-0.15, -0.1) is 11.3 Å². The highest BCUT2D eigenvalue weighted by molar-refractivity contribution is 7.17. The summed E-state index contributed by atoms with van der Waals surface area (Å²) < 4.78 is 5.70. The fraction of sp³-hybridized carbons (Fsp3) is 0.500. The Morgan fingerprint density at radius 2 is 2.00 bits per heavy atom. The van der Waals surface area contributed by atoms with Crippen LogP contribution < -0.4 is 22.1 Å². The van der Waals surface area contributed by atoms with Gasteiger partial charge < -0.3 is 26.8 Å². The number of rotatable bonds is 4. The Morgan fingerprint density at radius 3 is 2.61 bits per heavy atom. The van der Waals surface area contributed by atoms with E-state index in [1.807, 2.05) is 13.8 Å². The summed E-state index contributed by atoms with van der Waals surface area (Å²) in [7, 11) is 0. The predicted octanol–water partition coefficient (Wildman–Crippen LogP) is -0.288. The molecule has 0 saturated heterocycles. The molecule has 1 aliphatic heterocycles. The first-order valence-corrected chi connectivity index (χ1v) is 7.94. The molecule has 9 heteroatoms. The maximum Gasteiger partial charge on any atom is 0.314 e. The number of anilines is 1. The van der Waals surface area contributed by atoms with Crippen LogP contribution in [0.2, 0.25) is 0 Å². The van der Waals surface area contributed by atoms with Gasteiger partial charge in [0.1, 0.15) is 5.00 Å². The van der Waals surface area contributed by atoms with E-state index in [-0.39, 0.29) is 23.7 Å². The van der Waals surface area contributed by atoms with E-state index in [1.54, 1.807) is 0 Å². The summed E-state index contributed by atoms with van der Waals surface area (Å²) in [5.74, 6) is -2.31. The second-order valence-corrected chi connectivity index (χ2v) is 6.90. The van der Waals surface area contributed by atoms with Crippen LogP contribution in [-0.4, -0.2) is 36.4 Å². The zero-order valence-electron chi connectivity index (χ0n) is 13.0. The average molecular weight is 340 g/mol. The molecule has 0 spiro atoms. The minimum absolute atomic E-state index is 0.192. The second kappa shape index (κ2) is 6.65. The fourth-order valence-corrected chi connectivity index (χ4v) is 3.46. The van der Waals surface area contributed by atoms with Gasteiger partial charge in [-0.1, -0.05) is 0 Å². The zero-order valence-corrected chi connectivity index (χ0v) is 13.8. The van der Waals surface area contributed by atoms with Crippen molar-refractivity contribution in [3.05, 3.63) is 16.0 Å². The van der Waals surface area contributed by atoms with Crippen molar-refractivity contribution in [2.75, 3.05) is 18.4 Å². The van der Waals surface area contributed by atoms with Crippen LogP contribution in [0.25, 0.3) is 0 Å². The monoisotopic (exact) mass is 340 g/mol. The largest absolute Gasteiger partial charge is 0.370 e. The number of nitrogens with one attached hydrogen (secondary N) is 2. The van der Waals surface area contributed by atoms with E-state index < -0.39 is 23.3 Å². The van der Waals surface area contributed by atoms with Crippen LogP contribution in [0, 0.1) is 0 Å². The molecular weight excluding hydrogens is 320 g/mol. The van der Waals surface area contributed by atoms with E-state index in [9.17, 15) is 14.4 Å². The molecule has 0 radical (unpaired) electrons. The highest BCUT2D eigenvalue weighted by atomic mass is 32.1. The molecule has 0 aromatic carbocycles. The van der Waals surface area contributed by atoms with Crippen LogP contribution in [0.15, 0.2) is 0 Å². The molecule has 0 aliphatic carbocycles. The van der Waals surface area contributed by atoms with Gasteiger partial charge in [0.15, 0.2) is 0 Å². The zero-order chi connectivity index (χ0) is 17.2. The van der Waals surface area contributed by atoms with Crippen molar-refractivity contribution in [1.82, 2.24) is 5.32 Å². The van der Waals surface area contributed by atoms with E-state index in [0.29, 0.717) is 13.0 Å². The third-order valence-corrected chi connectivity index (χ3v) is 4.52. The molecule has 8 nitrogen and oxygen atoms in total. The van der Waals surface area contributed by atoms with E-state index in [2.05, 4.69) is 10.6 Å². The van der Waals surface area contributed by atoms with Gasteiger partial charge in [0.2, 0.25) is 0 Å². The van der Waals surface area contributed by atoms with Crippen molar-refractivity contribution < 1.29 is 19.1 Å². The Kier molecular flexibility index (Phi) is 5.03. The summed E-state index contributed by atoms with van der Waals surface area (Å²) in [5, 5.41) is 5.09. The highest BCUT2D eigenvalue weighted by Gasteiger charge is 2.33. The predicted molar refractivity (Wildman–Crippen MR) is 86.1 cm³/mol. The summed E-state index contributed by atoms with van der Waals surface area (Å²) in [5.41, 5.74) is 11.3. The molecule has 1 aromatic heterocycles. The maximum absolute atomic E-state index is 11.9. The molecule has 0 bridgehead atoms. The minimum atomic E-state index is -0.861. The number of thiophene rings is 1. The lowest BCUT2D eigenvalue weighted by Crippen LogP contribution is -2.38. The standard InChI is InChI=1S/C14H20N4O4S/c1-14(2)5-7-8(6-22-14)23-13(9(7)10(16)19)18-12(21)11(20)17-4-3-15/h3-6,15H2,1-2H3,(H2,16,19)(H,17,20)(H,18,21). The quantitative estimate of drug-likeness (QED) is 0.558. The molecule has 0 unspecified atom stereocenters. The topological polar surface area (TPSA) is 137 Å². The smallest absolute Gasteiger partial charge is 0.314 e. The molecule has 0 atom stereocenters. The van der Waals surface area contributed by atoms with Gasteiger partial charge in [-0.25, -0.2) is 0 Å². The van der Waals surface area contributed by atoms with Gasteiger partial charge in [0.25, 0.3) is 5.91 Å². The second-order valence-electron chi connectivity index (χ2n) is 5.80. The number of amides is 3. The molecule has 3 amide bonds. The van der Waals surface area contributed by atoms with Gasteiger partial charge in [-0.05, 0) is 19.4 Å². The van der Waals surface area contributed by atoms with Crippen molar-refractivity contribution in [2.45, 2.75) is 32.5 Å². The molecule has 2 rings (SSSR count). The number of nitrogens with two attached hydrogens (primary N) is 2. The van der Waals surface area contributed by atoms with E-state index in [4.69, 9.17) is 16.2 Å². The molecule has 6 N–H and O–H groups in total. The molecule has 126 valence electrons. The lowest BCUT2D eigenvalue weighted by molar-refractivity contribution is -0.136. The van der Waals surface area contributed by atoms with Crippen LogP contribution in [0.5, 0.6) is 0 Å². The van der Waals surface area contributed by atoms with Crippen LogP contribution >= 0.6 is 11.3 Å². The van der Waals surface area contributed by atoms with Crippen LogP contribution in [0.4, 0.5) is 5.00 Å². The first-order chi connectivity index (χ1) is 10.7. The fourth-order valence-electron chi connectivity index (χ4n) is 2.33. The Balaban J connectivity index is 2.26. The van der Waals surface area contributed by atoms with Gasteiger partial charge >= 0.3 is 11.8 Å². The van der Waals surface area contributed by atoms with E-state index >= 15 is 0 Å². The maximum atomic E-state index is 11.9. The van der Waals surface area contributed by atoms with Crippen molar-refractivity contribution in [3.63, 3.8) is 0 Å². The normalized spacial score (nSPS) is 15.6. The van der Waals surface area contributed by atoms with Crippen LogP contribution in [0.1, 0.15) is 34.6 Å². The van der Waals surface area contributed by atoms with Crippen molar-refractivity contribution in [1.29, 1.82) is 0 Å². The third-order valence-electron chi connectivity index (χ3n) is 3.40. The molecular formula is C14H20N4O4S.